The molecule has 0 saturated heterocycles. The topological polar surface area (TPSA) is 127 Å². The van der Waals surface area contributed by atoms with Gasteiger partial charge in [0.1, 0.15) is 34.9 Å². The number of methoxy groups -OCH3 is 2. The highest BCUT2D eigenvalue weighted by molar-refractivity contribution is 5.53. The molecule has 1 saturated carbocycles. The van der Waals surface area contributed by atoms with Crippen molar-refractivity contribution in [2.45, 2.75) is 82.2 Å². The average Bonchev–Trinajstić information content (AvgIpc) is 3.58. The molecule has 9 heteroatoms. The second-order valence-electron chi connectivity index (χ2n) is 13.1. The van der Waals surface area contributed by atoms with Crippen LogP contribution in [-0.2, 0) is 17.6 Å². The zero-order valence-corrected chi connectivity index (χ0v) is 27.4. The number of aryl methyl sites for hydroxylation is 1. The molecule has 0 unspecified atom stereocenters. The van der Waals surface area contributed by atoms with Crippen molar-refractivity contribution >= 4 is 0 Å². The Morgan fingerprint density at radius 1 is 0.915 bits per heavy atom. The number of rotatable bonds is 13. The van der Waals surface area contributed by atoms with E-state index in [4.69, 9.17) is 23.7 Å². The van der Waals surface area contributed by atoms with Crippen LogP contribution in [0.4, 0.5) is 0 Å². The number of phenolic OH excluding ortho intramolecular Hbond substituents is 1. The smallest absolute Gasteiger partial charge is 0.128 e. The van der Waals surface area contributed by atoms with Gasteiger partial charge in [0.25, 0.3) is 0 Å². The summed E-state index contributed by atoms with van der Waals surface area (Å²) in [7, 11) is 3.26. The number of benzene rings is 3. The van der Waals surface area contributed by atoms with Crippen molar-refractivity contribution in [3.8, 4) is 28.7 Å². The fraction of sp³-hybridized carbons (Fsp3) is 0.526. The lowest BCUT2D eigenvalue weighted by molar-refractivity contribution is -0.0890. The molecule has 1 fully saturated rings. The van der Waals surface area contributed by atoms with E-state index in [9.17, 15) is 20.4 Å². The standard InChI is InChI=1S/C38H48O9/c1-43-15-7-13-32-35(37(42)29-21-33(44-2)24(9-6-14-39)19-34(29)47-32)31-22-45-38-25(16-23-8-5-10-26(40)17-23)18-28(20-30(38)36(31)41)46-27-11-3-4-12-27/h5,8,10,17-21,27,31-32,35-37,39-42H,3-4,6-7,9,11-16,22H2,1-2H3/t31-,32-,35-,36-,37+/m1/s1. The highest BCUT2D eigenvalue weighted by Gasteiger charge is 2.47. The van der Waals surface area contributed by atoms with Crippen LogP contribution < -0.4 is 18.9 Å². The largest absolute Gasteiger partial charge is 0.508 e. The number of aliphatic hydroxyl groups is 3. The van der Waals surface area contributed by atoms with E-state index in [0.717, 1.165) is 48.8 Å². The van der Waals surface area contributed by atoms with Gasteiger partial charge in [0.2, 0.25) is 0 Å². The summed E-state index contributed by atoms with van der Waals surface area (Å²) in [5.74, 6) is 1.77. The Labute approximate surface area is 277 Å². The minimum atomic E-state index is -0.950. The first kappa shape index (κ1) is 33.4. The van der Waals surface area contributed by atoms with Gasteiger partial charge in [-0.05, 0) is 98.9 Å². The Hall–Kier alpha value is -3.50. The minimum Gasteiger partial charge on any atom is -0.508 e. The minimum absolute atomic E-state index is 0.0649. The van der Waals surface area contributed by atoms with Crippen LogP contribution in [0.5, 0.6) is 28.7 Å². The fourth-order valence-corrected chi connectivity index (χ4v) is 7.63. The van der Waals surface area contributed by atoms with E-state index in [0.29, 0.717) is 66.4 Å². The van der Waals surface area contributed by atoms with Gasteiger partial charge in [-0.2, -0.15) is 0 Å². The molecule has 0 aromatic heterocycles. The van der Waals surface area contributed by atoms with Crippen LogP contribution in [0.3, 0.4) is 0 Å². The maximum Gasteiger partial charge on any atom is 0.128 e. The summed E-state index contributed by atoms with van der Waals surface area (Å²) < 4.78 is 30.7. The van der Waals surface area contributed by atoms with Gasteiger partial charge in [0.15, 0.2) is 0 Å². The summed E-state index contributed by atoms with van der Waals surface area (Å²) in [4.78, 5) is 0. The molecule has 4 N–H and O–H groups in total. The van der Waals surface area contributed by atoms with Crippen LogP contribution in [0.1, 0.15) is 85.0 Å². The molecule has 2 heterocycles. The van der Waals surface area contributed by atoms with Crippen molar-refractivity contribution in [2.24, 2.45) is 11.8 Å². The van der Waals surface area contributed by atoms with Crippen LogP contribution >= 0.6 is 0 Å². The Morgan fingerprint density at radius 3 is 2.49 bits per heavy atom. The number of hydrogen-bond acceptors (Lipinski definition) is 9. The fourth-order valence-electron chi connectivity index (χ4n) is 7.63. The van der Waals surface area contributed by atoms with Gasteiger partial charge in [-0.15, -0.1) is 0 Å². The van der Waals surface area contributed by atoms with E-state index in [-0.39, 0.29) is 25.1 Å². The molecule has 254 valence electrons. The van der Waals surface area contributed by atoms with Crippen molar-refractivity contribution in [3.63, 3.8) is 0 Å². The van der Waals surface area contributed by atoms with Crippen LogP contribution in [0.2, 0.25) is 0 Å². The predicted octanol–water partition coefficient (Wildman–Crippen LogP) is 5.82. The second-order valence-corrected chi connectivity index (χ2v) is 13.1. The van der Waals surface area contributed by atoms with Crippen molar-refractivity contribution in [1.29, 1.82) is 0 Å². The Bertz CT molecular complexity index is 1500. The number of ether oxygens (including phenoxy) is 5. The molecular weight excluding hydrogens is 600 g/mol. The third-order valence-corrected chi connectivity index (χ3v) is 9.96. The average molecular weight is 649 g/mol. The lowest BCUT2D eigenvalue weighted by atomic mass is 9.72. The van der Waals surface area contributed by atoms with Gasteiger partial charge in [0, 0.05) is 55.3 Å². The zero-order chi connectivity index (χ0) is 32.9. The maximum atomic E-state index is 12.2. The third-order valence-electron chi connectivity index (χ3n) is 9.96. The summed E-state index contributed by atoms with van der Waals surface area (Å²) in [6.45, 7) is 0.805. The molecule has 0 amide bonds. The van der Waals surface area contributed by atoms with Crippen LogP contribution in [0.25, 0.3) is 0 Å². The summed E-state index contributed by atoms with van der Waals surface area (Å²) >= 11 is 0. The number of fused-ring (bicyclic) bond motifs is 2. The highest BCUT2D eigenvalue weighted by Crippen LogP contribution is 2.51. The molecule has 0 spiro atoms. The summed E-state index contributed by atoms with van der Waals surface area (Å²) in [5, 5.41) is 43.8. The van der Waals surface area contributed by atoms with E-state index in [2.05, 4.69) is 0 Å². The Kier molecular flexibility index (Phi) is 10.8. The van der Waals surface area contributed by atoms with Gasteiger partial charge in [-0.25, -0.2) is 0 Å². The van der Waals surface area contributed by atoms with Gasteiger partial charge in [-0.1, -0.05) is 12.1 Å². The highest BCUT2D eigenvalue weighted by atomic mass is 16.5. The van der Waals surface area contributed by atoms with E-state index in [1.165, 1.54) is 0 Å². The van der Waals surface area contributed by atoms with Crippen LogP contribution in [-0.4, -0.2) is 66.7 Å². The van der Waals surface area contributed by atoms with Crippen molar-refractivity contribution in [1.82, 2.24) is 0 Å². The first-order chi connectivity index (χ1) is 22.9. The first-order valence-corrected chi connectivity index (χ1v) is 17.0. The second kappa shape index (κ2) is 15.2. The van der Waals surface area contributed by atoms with E-state index in [1.54, 1.807) is 26.4 Å². The molecule has 3 aromatic rings. The molecule has 0 bridgehead atoms. The van der Waals surface area contributed by atoms with Gasteiger partial charge in [-0.3, -0.25) is 0 Å². The quantitative estimate of drug-likeness (QED) is 0.170. The van der Waals surface area contributed by atoms with Crippen molar-refractivity contribution in [2.75, 3.05) is 34.0 Å². The van der Waals surface area contributed by atoms with Crippen LogP contribution in [0.15, 0.2) is 48.5 Å². The normalized spacial score (nSPS) is 23.8. The number of aliphatic hydroxyl groups excluding tert-OH is 3. The number of hydrogen-bond donors (Lipinski definition) is 4. The molecule has 5 atom stereocenters. The van der Waals surface area contributed by atoms with E-state index in [1.807, 2.05) is 36.4 Å². The van der Waals surface area contributed by atoms with Gasteiger partial charge in [0.05, 0.1) is 32.0 Å². The molecule has 9 nitrogen and oxygen atoms in total. The molecule has 1 aliphatic carbocycles. The molecule has 6 rings (SSSR count). The molecule has 3 aromatic carbocycles. The van der Waals surface area contributed by atoms with Gasteiger partial charge >= 0.3 is 0 Å². The third kappa shape index (κ3) is 7.33. The van der Waals surface area contributed by atoms with Crippen LogP contribution in [0, 0.1) is 11.8 Å². The predicted molar refractivity (Wildman–Crippen MR) is 177 cm³/mol. The molecule has 3 aliphatic rings. The Balaban J connectivity index is 1.36. The van der Waals surface area contributed by atoms with Gasteiger partial charge < -0.3 is 44.1 Å². The maximum absolute atomic E-state index is 12.2. The van der Waals surface area contributed by atoms with E-state index < -0.39 is 30.1 Å². The molecular formula is C38H48O9. The lowest BCUT2D eigenvalue weighted by Gasteiger charge is -2.45. The summed E-state index contributed by atoms with van der Waals surface area (Å²) in [6, 6.07) is 14.8. The lowest BCUT2D eigenvalue weighted by Crippen LogP contribution is -2.46. The SMILES string of the molecule is COCCC[C@H]1Oc2cc(CCCO)c(OC)cc2[C@H](O)[C@@H]1[C@H]1COc2c(Cc3cccc(O)c3)cc(OC3CCCC3)cc2[C@H]1O. The monoisotopic (exact) mass is 648 g/mol. The summed E-state index contributed by atoms with van der Waals surface area (Å²) in [5.41, 5.74) is 3.95. The van der Waals surface area contributed by atoms with E-state index >= 15 is 0 Å². The summed E-state index contributed by atoms with van der Waals surface area (Å²) in [6.07, 6.45) is 5.16. The zero-order valence-electron chi connectivity index (χ0n) is 27.4. The molecule has 2 aliphatic heterocycles. The first-order valence-electron chi connectivity index (χ1n) is 17.0. The number of aromatic hydroxyl groups is 1. The number of phenols is 1. The van der Waals surface area contributed by atoms with Crippen molar-refractivity contribution < 1.29 is 44.1 Å². The van der Waals surface area contributed by atoms with Crippen molar-refractivity contribution in [3.05, 3.63) is 76.3 Å². The Morgan fingerprint density at radius 2 is 1.74 bits per heavy atom. The molecule has 47 heavy (non-hydrogen) atoms. The molecule has 0 radical (unpaired) electrons.